The maximum absolute atomic E-state index is 12.4. The second-order valence-corrected chi connectivity index (χ2v) is 24.6. The Bertz CT molecular complexity index is 1450. The third-order valence-electron chi connectivity index (χ3n) is 9.14. The summed E-state index contributed by atoms with van der Waals surface area (Å²) in [6, 6.07) is 0. The number of aliphatic hydroxyl groups excluding tert-OH is 1. The lowest BCUT2D eigenvalue weighted by atomic mass is 9.77. The summed E-state index contributed by atoms with van der Waals surface area (Å²) < 4.78 is 27.5. The number of nitrogens with zero attached hydrogens (tertiary/aromatic N) is 3. The van der Waals surface area contributed by atoms with Crippen LogP contribution in [0.4, 0.5) is 5.95 Å². The van der Waals surface area contributed by atoms with Crippen LogP contribution >= 0.6 is 17.1 Å². The number of allylic oxidation sites excluding steroid dienone is 1. The average Bonchev–Trinajstić information content (AvgIpc) is 3.47. The minimum Gasteiger partial charge on any atom is -0.414 e. The maximum Gasteiger partial charge on any atom is 0.280 e. The summed E-state index contributed by atoms with van der Waals surface area (Å²) in [6.07, 6.45) is 0.615. The highest BCUT2D eigenvalue weighted by Gasteiger charge is 2.57. The zero-order chi connectivity index (χ0) is 30.1. The molecule has 0 spiro atoms. The van der Waals surface area contributed by atoms with Crippen LogP contribution in [0.15, 0.2) is 23.3 Å². The molecule has 5 rings (SSSR count). The van der Waals surface area contributed by atoms with Gasteiger partial charge in [-0.2, -0.15) is 4.98 Å². The number of H-pyrrole nitrogens is 1. The molecule has 1 aliphatic carbocycles. The van der Waals surface area contributed by atoms with E-state index in [-0.39, 0.29) is 39.6 Å². The number of imidazole rings is 1. The van der Waals surface area contributed by atoms with E-state index in [0.29, 0.717) is 5.92 Å². The molecule has 0 aromatic carbocycles. The van der Waals surface area contributed by atoms with E-state index in [9.17, 15) is 9.90 Å². The van der Waals surface area contributed by atoms with Gasteiger partial charge in [0.2, 0.25) is 11.6 Å². The Balaban J connectivity index is 1.44. The van der Waals surface area contributed by atoms with E-state index >= 15 is 0 Å². The van der Waals surface area contributed by atoms with Crippen molar-refractivity contribution in [3.8, 4) is 0 Å². The number of anilines is 1. The predicted octanol–water partition coefficient (Wildman–Crippen LogP) is 4.86. The number of nitrogens with one attached hydrogen (secondary N) is 1. The maximum atomic E-state index is 12.4. The first kappa shape index (κ1) is 31.3. The summed E-state index contributed by atoms with van der Waals surface area (Å²) >= 11 is 7.68. The molecule has 4 N–H and O–H groups in total. The van der Waals surface area contributed by atoms with Gasteiger partial charge in [-0.25, -0.2) is 4.98 Å². The van der Waals surface area contributed by atoms with Gasteiger partial charge in [-0.3, -0.25) is 14.3 Å². The summed E-state index contributed by atoms with van der Waals surface area (Å²) in [5.41, 5.74) is 3.94. The van der Waals surface area contributed by atoms with Gasteiger partial charge in [0.25, 0.3) is 5.56 Å². The highest BCUT2D eigenvalue weighted by atomic mass is 32.9. The molecule has 0 amide bonds. The number of ether oxygens (including phenoxy) is 1. The lowest BCUT2D eigenvalue weighted by Crippen LogP contribution is -2.45. The molecule has 2 aromatic rings. The Morgan fingerprint density at radius 3 is 2.83 bits per heavy atom. The summed E-state index contributed by atoms with van der Waals surface area (Å²) in [5.74, 6) is 0.334. The number of nitrogens with two attached hydrogens (primary N) is 1. The van der Waals surface area contributed by atoms with Crippen LogP contribution in [-0.4, -0.2) is 68.7 Å². The first-order valence-corrected chi connectivity index (χ1v) is 20.9. The van der Waals surface area contributed by atoms with Crippen LogP contribution < -0.4 is 11.3 Å². The van der Waals surface area contributed by atoms with E-state index < -0.39 is 44.1 Å². The highest BCUT2D eigenvalue weighted by molar-refractivity contribution is 8.68. The molecule has 1 unspecified atom stereocenters. The molecule has 4 heterocycles. The summed E-state index contributed by atoms with van der Waals surface area (Å²) in [5, 5.41) is 11.7. The third-order valence-corrected chi connectivity index (χ3v) is 19.4. The van der Waals surface area contributed by atoms with Gasteiger partial charge in [-0.05, 0) is 69.0 Å². The summed E-state index contributed by atoms with van der Waals surface area (Å²) in [7, 11) is -2.16. The standard InChI is InChI=1S/C26H42N5O6PS2Si/c1-14(2)15-9-10-26(6)17(11-15)36-38(39,40-26)37-20-16(12-34-41(7,8)25(3,4)5)35-23(19(20)32)31-13-28-18-21(31)29-24(27)30-22(18)33/h13,15-17,19-20,23,32H,1,9-12H2,2-8H3,(H3,27,29,30,33)/t15-,16+,17+,19+,20+,23+,26+,38?/m0/s1. The van der Waals surface area contributed by atoms with Crippen molar-refractivity contribution in [1.29, 1.82) is 0 Å². The Hall–Kier alpha value is -1.09. The quantitative estimate of drug-likeness (QED) is 0.216. The fourth-order valence-corrected chi connectivity index (χ4v) is 14.0. The normalized spacial score (nSPS) is 36.1. The zero-order valence-electron chi connectivity index (χ0n) is 24.7. The van der Waals surface area contributed by atoms with Gasteiger partial charge in [-0.1, -0.05) is 44.3 Å². The minimum absolute atomic E-state index is 0.0240. The van der Waals surface area contributed by atoms with Crippen LogP contribution in [0.2, 0.25) is 18.1 Å². The van der Waals surface area contributed by atoms with E-state index in [4.69, 9.17) is 35.8 Å². The molecule has 41 heavy (non-hydrogen) atoms. The zero-order valence-corrected chi connectivity index (χ0v) is 28.3. The predicted molar refractivity (Wildman–Crippen MR) is 168 cm³/mol. The number of aromatic amines is 1. The van der Waals surface area contributed by atoms with Crippen molar-refractivity contribution in [1.82, 2.24) is 19.5 Å². The molecule has 11 nitrogen and oxygen atoms in total. The molecule has 0 bridgehead atoms. The number of rotatable bonds is 7. The molecule has 15 heteroatoms. The molecule has 2 saturated heterocycles. The van der Waals surface area contributed by atoms with Crippen molar-refractivity contribution in [2.75, 3.05) is 12.3 Å². The summed E-state index contributed by atoms with van der Waals surface area (Å²) in [4.78, 5) is 23.3. The minimum atomic E-state index is -2.86. The molecule has 1 saturated carbocycles. The molecule has 8 atom stereocenters. The Morgan fingerprint density at radius 2 is 2.17 bits per heavy atom. The number of aliphatic hydroxyl groups is 1. The molecular weight excluding hydrogens is 602 g/mol. The van der Waals surface area contributed by atoms with Gasteiger partial charge in [0, 0.05) is 4.75 Å². The van der Waals surface area contributed by atoms with E-state index in [1.807, 2.05) is 0 Å². The first-order valence-electron chi connectivity index (χ1n) is 14.0. The number of hydrogen-bond acceptors (Lipinski definition) is 11. The molecule has 3 fully saturated rings. The molecule has 0 radical (unpaired) electrons. The second-order valence-electron chi connectivity index (χ2n) is 13.2. The van der Waals surface area contributed by atoms with Gasteiger partial charge < -0.3 is 29.1 Å². The van der Waals surface area contributed by atoms with Gasteiger partial charge in [0.05, 0.1) is 19.0 Å². The number of aromatic nitrogens is 4. The topological polar surface area (TPSA) is 147 Å². The molecule has 3 aliphatic rings. The van der Waals surface area contributed by atoms with E-state index in [1.165, 1.54) is 10.9 Å². The Kier molecular flexibility index (Phi) is 8.26. The second kappa shape index (κ2) is 10.8. The fraction of sp³-hybridized carbons (Fsp3) is 0.731. The monoisotopic (exact) mass is 643 g/mol. The summed E-state index contributed by atoms with van der Waals surface area (Å²) in [6.45, 7) is 19.5. The lowest BCUT2D eigenvalue weighted by molar-refractivity contribution is -0.0485. The van der Waals surface area contributed by atoms with Crippen LogP contribution in [0.25, 0.3) is 11.2 Å². The van der Waals surface area contributed by atoms with Gasteiger partial charge >= 0.3 is 0 Å². The van der Waals surface area contributed by atoms with Crippen molar-refractivity contribution in [2.24, 2.45) is 5.92 Å². The van der Waals surface area contributed by atoms with Gasteiger partial charge in [0.1, 0.15) is 18.3 Å². The van der Waals surface area contributed by atoms with Crippen LogP contribution in [0.3, 0.4) is 0 Å². The SMILES string of the molecule is C=C(C)[C@H]1CC[C@@]2(C)SP(=S)(O[C@H]3[C@@H](O)[C@H](n4cnc5c(=O)[nH]c(N)nc54)O[C@@H]3CO[Si](C)(C)C(C)(C)C)O[C@@H]2C1. The van der Waals surface area contributed by atoms with Crippen LogP contribution in [-0.2, 0) is 30.0 Å². The van der Waals surface area contributed by atoms with E-state index in [1.54, 1.807) is 11.4 Å². The van der Waals surface area contributed by atoms with E-state index in [0.717, 1.165) is 24.8 Å². The van der Waals surface area contributed by atoms with Crippen molar-refractivity contribution in [3.63, 3.8) is 0 Å². The largest absolute Gasteiger partial charge is 0.414 e. The van der Waals surface area contributed by atoms with Crippen LogP contribution in [0, 0.1) is 5.92 Å². The van der Waals surface area contributed by atoms with Gasteiger partial charge in [0.15, 0.2) is 25.7 Å². The first-order chi connectivity index (χ1) is 18.9. The highest BCUT2D eigenvalue weighted by Crippen LogP contribution is 2.76. The number of nitrogen functional groups attached to an aromatic ring is 1. The van der Waals surface area contributed by atoms with Crippen LogP contribution in [0.5, 0.6) is 0 Å². The third kappa shape index (κ3) is 5.88. The van der Waals surface area contributed by atoms with Crippen molar-refractivity contribution in [2.45, 2.75) is 107 Å². The van der Waals surface area contributed by atoms with Crippen molar-refractivity contribution < 1.29 is 23.3 Å². The van der Waals surface area contributed by atoms with Crippen molar-refractivity contribution >= 4 is 54.3 Å². The fourth-order valence-electron chi connectivity index (χ4n) is 5.43. The Morgan fingerprint density at radius 1 is 1.46 bits per heavy atom. The van der Waals surface area contributed by atoms with Gasteiger partial charge in [-0.15, -0.1) is 0 Å². The lowest BCUT2D eigenvalue weighted by Gasteiger charge is -2.37. The average molecular weight is 644 g/mol. The van der Waals surface area contributed by atoms with E-state index in [2.05, 4.69) is 69.2 Å². The van der Waals surface area contributed by atoms with Crippen LogP contribution in [0.1, 0.15) is 60.1 Å². The molecule has 2 aromatic heterocycles. The number of fused-ring (bicyclic) bond motifs is 2. The molecular formula is C26H42N5O6PS2Si. The smallest absolute Gasteiger partial charge is 0.280 e. The molecule has 2 aliphatic heterocycles. The number of hydrogen-bond donors (Lipinski definition) is 3. The Labute approximate surface area is 251 Å². The molecule has 228 valence electrons. The van der Waals surface area contributed by atoms with Crippen molar-refractivity contribution in [3.05, 3.63) is 28.8 Å².